The standard InChI is InChI=1S/C31H31FN6O2S.CH2O2/c1-37-15-12-22(13-16-37)20-38-17-14-24-18-23(6-11-29(24)38)28-19-31(34-21-33-28)35-25-7-9-26(10-8-25)36-41(39,40)30-5-3-2-4-27(30)32;2-1-3/h2-11,14,17-19,21-22,36H,12-13,15-16,20H2,1H3,(H,33,34,35);1H,(H,2,3). The Kier molecular flexibility index (Phi) is 9.51. The molecule has 0 unspecified atom stereocenters. The lowest BCUT2D eigenvalue weighted by Gasteiger charge is -2.29. The molecule has 1 saturated heterocycles. The topological polar surface area (TPSA) is 129 Å². The van der Waals surface area contributed by atoms with Gasteiger partial charge in [0.05, 0.1) is 5.69 Å². The number of piperidine rings is 1. The number of rotatable bonds is 8. The Balaban J connectivity index is 0.00000123. The average molecular weight is 617 g/mol. The van der Waals surface area contributed by atoms with Gasteiger partial charge in [-0.2, -0.15) is 0 Å². The van der Waals surface area contributed by atoms with Crippen molar-refractivity contribution in [3.8, 4) is 11.3 Å². The Labute approximate surface area is 255 Å². The quantitative estimate of drug-likeness (QED) is 0.186. The van der Waals surface area contributed by atoms with Crippen LogP contribution in [0, 0.1) is 11.7 Å². The van der Waals surface area contributed by atoms with Crippen LogP contribution in [0.2, 0.25) is 0 Å². The second kappa shape index (κ2) is 13.7. The molecule has 1 fully saturated rings. The van der Waals surface area contributed by atoms with Gasteiger partial charge >= 0.3 is 0 Å². The number of fused-ring (bicyclic) bond motifs is 1. The van der Waals surface area contributed by atoms with Crippen molar-refractivity contribution in [3.05, 3.63) is 97.2 Å². The van der Waals surface area contributed by atoms with Gasteiger partial charge < -0.3 is 19.9 Å². The highest BCUT2D eigenvalue weighted by Gasteiger charge is 2.19. The molecule has 3 N–H and O–H groups in total. The summed E-state index contributed by atoms with van der Waals surface area (Å²) in [5.41, 5.74) is 4.05. The van der Waals surface area contributed by atoms with Crippen LogP contribution in [0.25, 0.3) is 22.2 Å². The van der Waals surface area contributed by atoms with Crippen LogP contribution in [-0.2, 0) is 21.4 Å². The minimum absolute atomic E-state index is 0.250. The molecule has 5 aromatic rings. The Morgan fingerprint density at radius 2 is 1.68 bits per heavy atom. The fourth-order valence-electron chi connectivity index (χ4n) is 5.27. The number of aromatic nitrogens is 3. The number of hydrogen-bond acceptors (Lipinski definition) is 7. The molecule has 0 spiro atoms. The summed E-state index contributed by atoms with van der Waals surface area (Å²) >= 11 is 0. The van der Waals surface area contributed by atoms with Gasteiger partial charge in [-0.3, -0.25) is 9.52 Å². The van der Waals surface area contributed by atoms with E-state index in [1.54, 1.807) is 24.3 Å². The Bertz CT molecular complexity index is 1840. The molecule has 0 amide bonds. The van der Waals surface area contributed by atoms with Gasteiger partial charge in [-0.15, -0.1) is 0 Å². The number of sulfonamides is 1. The molecule has 0 atom stereocenters. The molecule has 0 aliphatic carbocycles. The molecule has 0 bridgehead atoms. The maximum absolute atomic E-state index is 14.0. The van der Waals surface area contributed by atoms with Crippen molar-refractivity contribution < 1.29 is 22.7 Å². The maximum Gasteiger partial charge on any atom is 0.290 e. The van der Waals surface area contributed by atoms with E-state index in [4.69, 9.17) is 9.90 Å². The Morgan fingerprint density at radius 1 is 0.977 bits per heavy atom. The predicted octanol–water partition coefficient (Wildman–Crippen LogP) is 5.82. The third kappa shape index (κ3) is 7.39. The normalized spacial score (nSPS) is 14.0. The predicted molar refractivity (Wildman–Crippen MR) is 169 cm³/mol. The van der Waals surface area contributed by atoms with Crippen molar-refractivity contribution in [1.82, 2.24) is 19.4 Å². The zero-order valence-corrected chi connectivity index (χ0v) is 24.9. The minimum Gasteiger partial charge on any atom is -0.483 e. The first kappa shape index (κ1) is 30.6. The van der Waals surface area contributed by atoms with Gasteiger partial charge in [0.25, 0.3) is 16.5 Å². The first-order valence-electron chi connectivity index (χ1n) is 14.1. The van der Waals surface area contributed by atoms with Gasteiger partial charge in [0.2, 0.25) is 0 Å². The van der Waals surface area contributed by atoms with Crippen molar-refractivity contribution in [3.63, 3.8) is 0 Å². The molecule has 44 heavy (non-hydrogen) atoms. The summed E-state index contributed by atoms with van der Waals surface area (Å²) in [5.74, 6) is 0.509. The van der Waals surface area contributed by atoms with Gasteiger partial charge in [-0.05, 0) is 93.5 Å². The summed E-state index contributed by atoms with van der Waals surface area (Å²) in [6.07, 6.45) is 6.16. The third-order valence-corrected chi connectivity index (χ3v) is 8.98. The van der Waals surface area contributed by atoms with Crippen molar-refractivity contribution in [2.24, 2.45) is 5.92 Å². The number of nitrogens with one attached hydrogen (secondary N) is 2. The van der Waals surface area contributed by atoms with E-state index in [1.807, 2.05) is 6.07 Å². The van der Waals surface area contributed by atoms with E-state index in [-0.39, 0.29) is 6.47 Å². The molecule has 1 aliphatic heterocycles. The maximum atomic E-state index is 14.0. The summed E-state index contributed by atoms with van der Waals surface area (Å²) in [6, 6.07) is 22.4. The number of anilines is 3. The molecule has 6 rings (SSSR count). The van der Waals surface area contributed by atoms with Crippen LogP contribution in [0.4, 0.5) is 21.6 Å². The molecule has 12 heteroatoms. The largest absolute Gasteiger partial charge is 0.483 e. The summed E-state index contributed by atoms with van der Waals surface area (Å²) < 4.78 is 43.9. The van der Waals surface area contributed by atoms with Crippen LogP contribution in [0.15, 0.2) is 96.3 Å². The Morgan fingerprint density at radius 3 is 2.41 bits per heavy atom. The second-order valence-electron chi connectivity index (χ2n) is 10.6. The monoisotopic (exact) mass is 616 g/mol. The SMILES string of the molecule is CN1CCC(Cn2ccc3cc(-c4cc(Nc5ccc(NS(=O)(=O)c6ccccc6F)cc5)ncn4)ccc32)CC1.O=CO. The van der Waals surface area contributed by atoms with Gasteiger partial charge in [-0.25, -0.2) is 22.8 Å². The molecule has 228 valence electrons. The van der Waals surface area contributed by atoms with Gasteiger partial charge in [0.15, 0.2) is 0 Å². The average Bonchev–Trinajstić information content (AvgIpc) is 3.41. The summed E-state index contributed by atoms with van der Waals surface area (Å²) in [6.45, 7) is 3.12. The molecule has 0 saturated carbocycles. The number of carbonyl (C=O) groups is 1. The first-order valence-corrected chi connectivity index (χ1v) is 15.6. The fourth-order valence-corrected chi connectivity index (χ4v) is 6.41. The Hall–Kier alpha value is -4.81. The highest BCUT2D eigenvalue weighted by atomic mass is 32.2. The van der Waals surface area contributed by atoms with E-state index in [2.05, 4.69) is 67.0 Å². The zero-order chi connectivity index (χ0) is 31.1. The molecule has 3 aromatic carbocycles. The molecule has 1 aliphatic rings. The highest BCUT2D eigenvalue weighted by Crippen LogP contribution is 2.28. The van der Waals surface area contributed by atoms with Gasteiger partial charge in [0, 0.05) is 46.6 Å². The zero-order valence-electron chi connectivity index (χ0n) is 24.1. The van der Waals surface area contributed by atoms with E-state index in [0.29, 0.717) is 23.1 Å². The smallest absolute Gasteiger partial charge is 0.290 e. The number of likely N-dealkylation sites (tertiary alicyclic amines) is 1. The van der Waals surface area contributed by atoms with Crippen molar-refractivity contribution in [2.45, 2.75) is 24.3 Å². The second-order valence-corrected chi connectivity index (χ2v) is 12.3. The van der Waals surface area contributed by atoms with Crippen LogP contribution < -0.4 is 10.0 Å². The lowest BCUT2D eigenvalue weighted by Crippen LogP contribution is -2.31. The number of carboxylic acid groups (broad SMARTS) is 1. The molecule has 0 radical (unpaired) electrons. The minimum atomic E-state index is -4.05. The van der Waals surface area contributed by atoms with Crippen molar-refractivity contribution in [1.29, 1.82) is 0 Å². The molecule has 2 aromatic heterocycles. The summed E-state index contributed by atoms with van der Waals surface area (Å²) in [7, 11) is -1.85. The molecular formula is C32H33FN6O4S. The highest BCUT2D eigenvalue weighted by molar-refractivity contribution is 7.92. The van der Waals surface area contributed by atoms with E-state index in [0.717, 1.165) is 37.0 Å². The van der Waals surface area contributed by atoms with Crippen LogP contribution in [-0.4, -0.2) is 59.6 Å². The van der Waals surface area contributed by atoms with Crippen LogP contribution >= 0.6 is 0 Å². The van der Waals surface area contributed by atoms with E-state index in [9.17, 15) is 12.8 Å². The fraction of sp³-hybridized carbons (Fsp3) is 0.219. The molecular weight excluding hydrogens is 583 g/mol. The summed E-state index contributed by atoms with van der Waals surface area (Å²) in [5, 5.41) is 11.3. The van der Waals surface area contributed by atoms with Gasteiger partial charge in [0.1, 0.15) is 22.9 Å². The lowest BCUT2D eigenvalue weighted by atomic mass is 9.97. The number of hydrogen-bond donors (Lipinski definition) is 3. The van der Waals surface area contributed by atoms with E-state index >= 15 is 0 Å². The van der Waals surface area contributed by atoms with Crippen molar-refractivity contribution in [2.75, 3.05) is 30.2 Å². The lowest BCUT2D eigenvalue weighted by molar-refractivity contribution is -0.122. The molecule has 3 heterocycles. The number of benzene rings is 3. The van der Waals surface area contributed by atoms with Crippen LogP contribution in [0.1, 0.15) is 12.8 Å². The van der Waals surface area contributed by atoms with Crippen molar-refractivity contribution >= 4 is 44.6 Å². The van der Waals surface area contributed by atoms with Crippen LogP contribution in [0.5, 0.6) is 0 Å². The number of nitrogens with zero attached hydrogens (tertiary/aromatic N) is 4. The third-order valence-electron chi connectivity index (χ3n) is 7.56. The van der Waals surface area contributed by atoms with Gasteiger partial charge in [-0.1, -0.05) is 18.2 Å². The van der Waals surface area contributed by atoms with Crippen LogP contribution in [0.3, 0.4) is 0 Å². The summed E-state index contributed by atoms with van der Waals surface area (Å²) in [4.78, 5) is 19.2. The van der Waals surface area contributed by atoms with E-state index in [1.165, 1.54) is 48.3 Å². The van der Waals surface area contributed by atoms with E-state index < -0.39 is 20.7 Å². The number of halogens is 1. The molecule has 10 nitrogen and oxygen atoms in total. The first-order chi connectivity index (χ1) is 21.3.